The van der Waals surface area contributed by atoms with Crippen LogP contribution in [0.2, 0.25) is 0 Å². The van der Waals surface area contributed by atoms with Crippen LogP contribution in [-0.4, -0.2) is 41.0 Å². The fraction of sp³-hybridized carbons (Fsp3) is 0.483. The zero-order valence-corrected chi connectivity index (χ0v) is 22.7. The van der Waals surface area contributed by atoms with Gasteiger partial charge in [0.15, 0.2) is 0 Å². The molecule has 3 atom stereocenters. The molecular formula is C29H39N3O4. The molecule has 2 N–H and O–H groups in total. The minimum absolute atomic E-state index is 0.0920. The topological polar surface area (TPSA) is 87.7 Å². The van der Waals surface area contributed by atoms with Crippen LogP contribution in [0.3, 0.4) is 0 Å². The number of nitrogens with one attached hydrogen (secondary N) is 2. The van der Waals surface area contributed by atoms with Crippen LogP contribution in [0.25, 0.3) is 0 Å². The highest BCUT2D eigenvalue weighted by atomic mass is 16.6. The first kappa shape index (κ1) is 27.2. The molecule has 194 valence electrons. The molecule has 0 heterocycles. The normalized spacial score (nSPS) is 17.7. The predicted molar refractivity (Wildman–Crippen MR) is 142 cm³/mol. The van der Waals surface area contributed by atoms with E-state index in [1.807, 2.05) is 64.1 Å². The van der Waals surface area contributed by atoms with Gasteiger partial charge in [-0.2, -0.15) is 0 Å². The van der Waals surface area contributed by atoms with E-state index < -0.39 is 17.7 Å². The van der Waals surface area contributed by atoms with Crippen LogP contribution >= 0.6 is 0 Å². The summed E-state index contributed by atoms with van der Waals surface area (Å²) in [7, 11) is 0. The summed E-state index contributed by atoms with van der Waals surface area (Å²) in [4.78, 5) is 41.6. The number of anilines is 1. The number of aryl methyl sites for hydroxylation is 4. The number of rotatable bonds is 7. The van der Waals surface area contributed by atoms with E-state index in [0.717, 1.165) is 39.9 Å². The van der Waals surface area contributed by atoms with Crippen molar-refractivity contribution in [2.45, 2.75) is 79.5 Å². The monoisotopic (exact) mass is 493 g/mol. The van der Waals surface area contributed by atoms with Crippen LogP contribution in [0.4, 0.5) is 10.5 Å². The molecule has 7 nitrogen and oxygen atoms in total. The summed E-state index contributed by atoms with van der Waals surface area (Å²) >= 11 is 0. The van der Waals surface area contributed by atoms with Crippen LogP contribution in [0.5, 0.6) is 0 Å². The van der Waals surface area contributed by atoms with Gasteiger partial charge in [0, 0.05) is 11.7 Å². The zero-order chi connectivity index (χ0) is 26.8. The Hall–Kier alpha value is -3.35. The molecule has 1 aliphatic rings. The Bertz CT molecular complexity index is 1110. The third-order valence-electron chi connectivity index (χ3n) is 6.57. The standard InChI is InChI=1S/C29H39N3O4/c1-17-11-9-12-18(2)24(17)26(27(34)31-25-19(3)13-10-14-20(25)4)32(22-15-21(22)5)23(33)16-30-28(35)36-29(6,7)8/h9-14,21-22,26H,15-16H2,1-8H3,(H,30,35)(H,31,34). The van der Waals surface area contributed by atoms with Crippen molar-refractivity contribution in [3.8, 4) is 0 Å². The molecule has 2 aromatic carbocycles. The van der Waals surface area contributed by atoms with Gasteiger partial charge in [0.25, 0.3) is 5.91 Å². The number of carbonyl (C=O) groups excluding carboxylic acids is 3. The molecule has 0 aliphatic heterocycles. The van der Waals surface area contributed by atoms with Crippen molar-refractivity contribution in [3.63, 3.8) is 0 Å². The van der Waals surface area contributed by atoms with E-state index in [4.69, 9.17) is 4.74 Å². The van der Waals surface area contributed by atoms with Crippen molar-refractivity contribution in [2.75, 3.05) is 11.9 Å². The zero-order valence-electron chi connectivity index (χ0n) is 22.7. The van der Waals surface area contributed by atoms with E-state index in [2.05, 4.69) is 17.6 Å². The van der Waals surface area contributed by atoms with Crippen molar-refractivity contribution in [1.82, 2.24) is 10.2 Å². The highest BCUT2D eigenvalue weighted by Crippen LogP contribution is 2.42. The first-order chi connectivity index (χ1) is 16.8. The summed E-state index contributed by atoms with van der Waals surface area (Å²) in [6, 6.07) is 10.8. The first-order valence-electron chi connectivity index (χ1n) is 12.5. The van der Waals surface area contributed by atoms with Crippen LogP contribution in [0.1, 0.15) is 68.0 Å². The molecule has 0 radical (unpaired) electrons. The minimum atomic E-state index is -0.840. The number of carbonyl (C=O) groups is 3. The average molecular weight is 494 g/mol. The maximum absolute atomic E-state index is 14.0. The van der Waals surface area contributed by atoms with Crippen LogP contribution in [0.15, 0.2) is 36.4 Å². The Morgan fingerprint density at radius 3 is 1.94 bits per heavy atom. The van der Waals surface area contributed by atoms with Gasteiger partial charge in [-0.1, -0.05) is 43.3 Å². The number of hydrogen-bond donors (Lipinski definition) is 2. The number of alkyl carbamates (subject to hydrolysis) is 1. The lowest BCUT2D eigenvalue weighted by Gasteiger charge is -2.34. The Kier molecular flexibility index (Phi) is 8.12. The van der Waals surface area contributed by atoms with Gasteiger partial charge in [-0.3, -0.25) is 9.59 Å². The van der Waals surface area contributed by atoms with Crippen molar-refractivity contribution < 1.29 is 19.1 Å². The molecule has 0 spiro atoms. The SMILES string of the molecule is Cc1cccc(C)c1NC(=O)C(c1c(C)cccc1C)N(C(=O)CNC(=O)OC(C)(C)C)C1CC1C. The van der Waals surface area contributed by atoms with E-state index in [9.17, 15) is 14.4 Å². The van der Waals surface area contributed by atoms with Crippen molar-refractivity contribution in [2.24, 2.45) is 5.92 Å². The van der Waals surface area contributed by atoms with Crippen LogP contribution in [-0.2, 0) is 14.3 Å². The second kappa shape index (κ2) is 10.7. The Morgan fingerprint density at radius 1 is 0.972 bits per heavy atom. The maximum atomic E-state index is 14.0. The molecule has 36 heavy (non-hydrogen) atoms. The van der Waals surface area contributed by atoms with Gasteiger partial charge < -0.3 is 20.3 Å². The average Bonchev–Trinajstić information content (AvgIpc) is 3.48. The van der Waals surface area contributed by atoms with Crippen LogP contribution < -0.4 is 10.6 Å². The Labute approximate surface area is 214 Å². The molecule has 3 rings (SSSR count). The highest BCUT2D eigenvalue weighted by molar-refractivity contribution is 6.00. The number of amides is 3. The summed E-state index contributed by atoms with van der Waals surface area (Å²) in [5.41, 5.74) is 4.66. The molecule has 2 aromatic rings. The number of ether oxygens (including phenoxy) is 1. The molecule has 0 bridgehead atoms. The summed E-state index contributed by atoms with van der Waals surface area (Å²) in [6.07, 6.45) is 0.138. The third kappa shape index (κ3) is 6.45. The third-order valence-corrected chi connectivity index (χ3v) is 6.57. The number of hydrogen-bond acceptors (Lipinski definition) is 4. The largest absolute Gasteiger partial charge is 0.444 e. The number of nitrogens with zero attached hydrogens (tertiary/aromatic N) is 1. The van der Waals surface area contributed by atoms with E-state index >= 15 is 0 Å². The lowest BCUT2D eigenvalue weighted by molar-refractivity contribution is -0.139. The lowest BCUT2D eigenvalue weighted by atomic mass is 9.93. The van der Waals surface area contributed by atoms with Gasteiger partial charge in [-0.25, -0.2) is 4.79 Å². The van der Waals surface area contributed by atoms with Crippen molar-refractivity contribution in [3.05, 3.63) is 64.2 Å². The van der Waals surface area contributed by atoms with Gasteiger partial charge in [0.2, 0.25) is 5.91 Å². The summed E-state index contributed by atoms with van der Waals surface area (Å²) in [6.45, 7) is 14.9. The van der Waals surface area contributed by atoms with Crippen LogP contribution in [0, 0.1) is 33.6 Å². The second-order valence-corrected chi connectivity index (χ2v) is 10.9. The molecule has 1 fully saturated rings. The molecule has 0 aromatic heterocycles. The van der Waals surface area contributed by atoms with E-state index in [0.29, 0.717) is 0 Å². The summed E-state index contributed by atoms with van der Waals surface area (Å²) in [5, 5.41) is 5.69. The quantitative estimate of drug-likeness (QED) is 0.543. The molecule has 0 saturated heterocycles. The summed E-state index contributed by atoms with van der Waals surface area (Å²) in [5.74, 6) is -0.329. The van der Waals surface area contributed by atoms with Gasteiger partial charge in [-0.15, -0.1) is 0 Å². The van der Waals surface area contributed by atoms with Crippen molar-refractivity contribution >= 4 is 23.6 Å². The number of benzene rings is 2. The molecular weight excluding hydrogens is 454 g/mol. The van der Waals surface area contributed by atoms with E-state index in [-0.39, 0.29) is 30.3 Å². The Morgan fingerprint density at radius 2 is 1.47 bits per heavy atom. The first-order valence-corrected chi connectivity index (χ1v) is 12.5. The van der Waals surface area contributed by atoms with Crippen molar-refractivity contribution in [1.29, 1.82) is 0 Å². The molecule has 1 aliphatic carbocycles. The smallest absolute Gasteiger partial charge is 0.408 e. The fourth-order valence-corrected chi connectivity index (χ4v) is 4.62. The van der Waals surface area contributed by atoms with E-state index in [1.165, 1.54) is 0 Å². The fourth-order valence-electron chi connectivity index (χ4n) is 4.62. The Balaban J connectivity index is 1.99. The highest BCUT2D eigenvalue weighted by Gasteiger charge is 2.47. The summed E-state index contributed by atoms with van der Waals surface area (Å²) < 4.78 is 5.30. The molecule has 3 unspecified atom stereocenters. The lowest BCUT2D eigenvalue weighted by Crippen LogP contribution is -2.48. The van der Waals surface area contributed by atoms with E-state index in [1.54, 1.807) is 25.7 Å². The maximum Gasteiger partial charge on any atom is 0.408 e. The minimum Gasteiger partial charge on any atom is -0.444 e. The molecule has 1 saturated carbocycles. The predicted octanol–water partition coefficient (Wildman–Crippen LogP) is 5.36. The van der Waals surface area contributed by atoms with Gasteiger partial charge in [-0.05, 0) is 88.6 Å². The van der Waals surface area contributed by atoms with Gasteiger partial charge in [0.05, 0.1) is 0 Å². The second-order valence-electron chi connectivity index (χ2n) is 10.9. The van der Waals surface area contributed by atoms with Gasteiger partial charge >= 0.3 is 6.09 Å². The molecule has 7 heteroatoms. The van der Waals surface area contributed by atoms with Gasteiger partial charge in [0.1, 0.15) is 18.2 Å². The molecule has 3 amide bonds. The number of para-hydroxylation sites is 1.